The molecule has 0 unspecified atom stereocenters. The summed E-state index contributed by atoms with van der Waals surface area (Å²) in [5.41, 5.74) is 4.91. The van der Waals surface area contributed by atoms with E-state index in [1.807, 2.05) is 0 Å². The van der Waals surface area contributed by atoms with E-state index in [9.17, 15) is 4.79 Å². The average molecular weight is 255 g/mol. The molecule has 5 heteroatoms. The van der Waals surface area contributed by atoms with Crippen LogP contribution in [-0.2, 0) is 4.79 Å². The molecule has 0 aromatic heterocycles. The van der Waals surface area contributed by atoms with Gasteiger partial charge in [0.05, 0.1) is 0 Å². The summed E-state index contributed by atoms with van der Waals surface area (Å²) in [5, 5.41) is 14.8. The van der Waals surface area contributed by atoms with Gasteiger partial charge in [-0.2, -0.15) is 0 Å². The van der Waals surface area contributed by atoms with Crippen LogP contribution in [0.15, 0.2) is 5.16 Å². The van der Waals surface area contributed by atoms with Gasteiger partial charge < -0.3 is 16.3 Å². The Morgan fingerprint density at radius 1 is 1.50 bits per heavy atom. The van der Waals surface area contributed by atoms with E-state index in [2.05, 4.69) is 31.2 Å². The van der Waals surface area contributed by atoms with Crippen LogP contribution in [-0.4, -0.2) is 23.5 Å². The fourth-order valence-electron chi connectivity index (χ4n) is 2.72. The van der Waals surface area contributed by atoms with Gasteiger partial charge in [0.1, 0.15) is 5.41 Å². The number of nitrogens with one attached hydrogen (secondary N) is 1. The number of nitrogens with two attached hydrogens (primary N) is 1. The Hall–Kier alpha value is -1.26. The van der Waals surface area contributed by atoms with E-state index in [0.29, 0.717) is 31.2 Å². The van der Waals surface area contributed by atoms with E-state index in [1.54, 1.807) is 0 Å². The number of amidine groups is 1. The summed E-state index contributed by atoms with van der Waals surface area (Å²) >= 11 is 0. The molecular weight excluding hydrogens is 230 g/mol. The molecule has 1 rings (SSSR count). The quantitative estimate of drug-likeness (QED) is 0.292. The molecule has 4 N–H and O–H groups in total. The maximum Gasteiger partial charge on any atom is 0.233 e. The zero-order valence-corrected chi connectivity index (χ0v) is 11.6. The molecule has 0 aromatic rings. The summed E-state index contributed by atoms with van der Waals surface area (Å²) in [6.07, 6.45) is 3.42. The lowest BCUT2D eigenvalue weighted by Gasteiger charge is -2.43. The van der Waals surface area contributed by atoms with E-state index >= 15 is 0 Å². The highest BCUT2D eigenvalue weighted by atomic mass is 16.4. The lowest BCUT2D eigenvalue weighted by molar-refractivity contribution is -0.133. The molecule has 0 bridgehead atoms. The summed E-state index contributed by atoms with van der Waals surface area (Å²) in [6.45, 7) is 6.97. The van der Waals surface area contributed by atoms with Crippen LogP contribution >= 0.6 is 0 Å². The van der Waals surface area contributed by atoms with Crippen molar-refractivity contribution in [2.45, 2.75) is 46.5 Å². The summed E-state index contributed by atoms with van der Waals surface area (Å²) < 4.78 is 0. The zero-order valence-electron chi connectivity index (χ0n) is 11.6. The third kappa shape index (κ3) is 2.76. The van der Waals surface area contributed by atoms with Gasteiger partial charge in [0, 0.05) is 6.54 Å². The predicted molar refractivity (Wildman–Crippen MR) is 71.3 cm³/mol. The van der Waals surface area contributed by atoms with Gasteiger partial charge in [-0.15, -0.1) is 0 Å². The Morgan fingerprint density at radius 2 is 2.06 bits per heavy atom. The molecule has 1 fully saturated rings. The van der Waals surface area contributed by atoms with Crippen LogP contribution in [0.25, 0.3) is 0 Å². The van der Waals surface area contributed by atoms with Crippen molar-refractivity contribution in [3.63, 3.8) is 0 Å². The van der Waals surface area contributed by atoms with Crippen molar-refractivity contribution in [3.8, 4) is 0 Å². The number of oxime groups is 1. The molecule has 5 nitrogen and oxygen atoms in total. The zero-order chi connectivity index (χ0) is 13.8. The van der Waals surface area contributed by atoms with E-state index in [0.717, 1.165) is 12.8 Å². The average Bonchev–Trinajstić information content (AvgIpc) is 2.34. The highest BCUT2D eigenvalue weighted by molar-refractivity contribution is 6.07. The lowest BCUT2D eigenvalue weighted by atomic mass is 9.61. The first-order chi connectivity index (χ1) is 8.50. The minimum atomic E-state index is -0.778. The molecule has 1 aliphatic carbocycles. The summed E-state index contributed by atoms with van der Waals surface area (Å²) in [6, 6.07) is 0. The lowest BCUT2D eigenvalue weighted by Crippen LogP contribution is -2.57. The van der Waals surface area contributed by atoms with Gasteiger partial charge in [-0.3, -0.25) is 4.79 Å². The van der Waals surface area contributed by atoms with E-state index in [1.165, 1.54) is 0 Å². The SMILES string of the molecule is CCC(CC)CNC(=O)C1(C(N)=NO)CC(C)C1. The highest BCUT2D eigenvalue weighted by Gasteiger charge is 2.52. The number of hydrogen-bond acceptors (Lipinski definition) is 3. The number of carbonyl (C=O) groups excluding carboxylic acids is 1. The number of nitrogens with zero attached hydrogens (tertiary/aromatic N) is 1. The van der Waals surface area contributed by atoms with E-state index in [-0.39, 0.29) is 11.7 Å². The van der Waals surface area contributed by atoms with Gasteiger partial charge in [-0.25, -0.2) is 0 Å². The topological polar surface area (TPSA) is 87.7 Å². The monoisotopic (exact) mass is 255 g/mol. The largest absolute Gasteiger partial charge is 0.409 e. The van der Waals surface area contributed by atoms with Crippen molar-refractivity contribution < 1.29 is 10.0 Å². The fraction of sp³-hybridized carbons (Fsp3) is 0.846. The van der Waals surface area contributed by atoms with Crippen molar-refractivity contribution in [3.05, 3.63) is 0 Å². The Bertz CT molecular complexity index is 318. The molecule has 0 heterocycles. The van der Waals surface area contributed by atoms with Gasteiger partial charge in [0.2, 0.25) is 5.91 Å². The normalized spacial score (nSPS) is 28.0. The Balaban J connectivity index is 2.63. The molecule has 1 saturated carbocycles. The van der Waals surface area contributed by atoms with Crippen LogP contribution < -0.4 is 11.1 Å². The molecule has 104 valence electrons. The van der Waals surface area contributed by atoms with Gasteiger partial charge in [0.15, 0.2) is 5.84 Å². The fourth-order valence-corrected chi connectivity index (χ4v) is 2.72. The van der Waals surface area contributed by atoms with Gasteiger partial charge in [-0.1, -0.05) is 38.8 Å². The first-order valence-corrected chi connectivity index (χ1v) is 6.76. The first kappa shape index (κ1) is 14.8. The third-order valence-corrected chi connectivity index (χ3v) is 4.13. The Morgan fingerprint density at radius 3 is 2.44 bits per heavy atom. The summed E-state index contributed by atoms with van der Waals surface area (Å²) in [5.74, 6) is 0.894. The number of amides is 1. The highest BCUT2D eigenvalue weighted by Crippen LogP contribution is 2.45. The second-order valence-electron chi connectivity index (χ2n) is 5.47. The number of hydrogen-bond donors (Lipinski definition) is 3. The van der Waals surface area contributed by atoms with Gasteiger partial charge >= 0.3 is 0 Å². The second-order valence-corrected chi connectivity index (χ2v) is 5.47. The maximum absolute atomic E-state index is 12.2. The maximum atomic E-state index is 12.2. The van der Waals surface area contributed by atoms with Crippen molar-refractivity contribution in [1.29, 1.82) is 0 Å². The van der Waals surface area contributed by atoms with Crippen LogP contribution in [0.1, 0.15) is 46.5 Å². The van der Waals surface area contributed by atoms with E-state index in [4.69, 9.17) is 10.9 Å². The summed E-state index contributed by atoms with van der Waals surface area (Å²) in [4.78, 5) is 12.2. The smallest absolute Gasteiger partial charge is 0.233 e. The van der Waals surface area contributed by atoms with Crippen molar-refractivity contribution in [2.24, 2.45) is 28.1 Å². The molecular formula is C13H25N3O2. The second kappa shape index (κ2) is 6.07. The molecule has 1 amide bonds. The molecule has 0 aromatic carbocycles. The predicted octanol–water partition coefficient (Wildman–Crippen LogP) is 1.70. The van der Waals surface area contributed by atoms with Crippen LogP contribution in [0.3, 0.4) is 0 Å². The van der Waals surface area contributed by atoms with Crippen molar-refractivity contribution >= 4 is 11.7 Å². The molecule has 0 saturated heterocycles. The molecule has 0 spiro atoms. The van der Waals surface area contributed by atoms with Gasteiger partial charge in [0.25, 0.3) is 0 Å². The molecule has 0 radical (unpaired) electrons. The van der Waals surface area contributed by atoms with Crippen molar-refractivity contribution in [2.75, 3.05) is 6.54 Å². The van der Waals surface area contributed by atoms with Crippen LogP contribution in [0.4, 0.5) is 0 Å². The van der Waals surface area contributed by atoms with E-state index < -0.39 is 5.41 Å². The van der Waals surface area contributed by atoms with Crippen LogP contribution in [0.5, 0.6) is 0 Å². The molecule has 1 aliphatic rings. The Kier molecular flexibility index (Phi) is 4.99. The molecule has 18 heavy (non-hydrogen) atoms. The summed E-state index contributed by atoms with van der Waals surface area (Å²) in [7, 11) is 0. The van der Waals surface area contributed by atoms with Crippen LogP contribution in [0, 0.1) is 17.3 Å². The first-order valence-electron chi connectivity index (χ1n) is 6.76. The third-order valence-electron chi connectivity index (χ3n) is 4.13. The minimum Gasteiger partial charge on any atom is -0.409 e. The van der Waals surface area contributed by atoms with Crippen molar-refractivity contribution in [1.82, 2.24) is 5.32 Å². The van der Waals surface area contributed by atoms with Gasteiger partial charge in [-0.05, 0) is 24.7 Å². The molecule has 0 aliphatic heterocycles. The number of rotatable bonds is 6. The molecule has 0 atom stereocenters. The minimum absolute atomic E-state index is 0.0441. The number of carbonyl (C=O) groups is 1. The standard InChI is InChI=1S/C13H25N3O2/c1-4-10(5-2)8-15-12(17)13(11(14)16-18)6-9(3)7-13/h9-10,18H,4-8H2,1-3H3,(H2,14,16)(H,15,17). The Labute approximate surface area is 109 Å². The van der Waals surface area contributed by atoms with Crippen LogP contribution in [0.2, 0.25) is 0 Å².